The number of amides is 1. The Labute approximate surface area is 133 Å². The number of aromatic nitrogens is 1. The average molecular weight is 328 g/mol. The second-order valence-corrected chi connectivity index (χ2v) is 5.04. The topological polar surface area (TPSA) is 77.2 Å². The van der Waals surface area contributed by atoms with Crippen LogP contribution in [0.3, 0.4) is 0 Å². The van der Waals surface area contributed by atoms with E-state index in [0.29, 0.717) is 25.4 Å². The molecule has 2 aromatic rings. The number of carbonyl (C=O) groups excluding carboxylic acids is 1. The number of ether oxygens (including phenoxy) is 1. The first-order valence-electron chi connectivity index (χ1n) is 6.40. The van der Waals surface area contributed by atoms with Gasteiger partial charge >= 0.3 is 0 Å². The van der Waals surface area contributed by atoms with Crippen molar-refractivity contribution in [1.29, 1.82) is 0 Å². The fourth-order valence-electron chi connectivity index (χ4n) is 1.58. The third kappa shape index (κ3) is 5.71. The van der Waals surface area contributed by atoms with Gasteiger partial charge in [0.05, 0.1) is 6.61 Å². The minimum absolute atomic E-state index is 0. The molecule has 0 unspecified atom stereocenters. The van der Waals surface area contributed by atoms with E-state index in [-0.39, 0.29) is 18.3 Å². The zero-order chi connectivity index (χ0) is 14.2. The highest BCUT2D eigenvalue weighted by atomic mass is 35.5. The quantitative estimate of drug-likeness (QED) is 0.764. The minimum atomic E-state index is -0.166. The van der Waals surface area contributed by atoms with Crippen molar-refractivity contribution in [3.63, 3.8) is 0 Å². The van der Waals surface area contributed by atoms with Crippen molar-refractivity contribution in [3.05, 3.63) is 46.4 Å². The summed E-state index contributed by atoms with van der Waals surface area (Å²) in [4.78, 5) is 15.9. The molecule has 0 radical (unpaired) electrons. The molecular weight excluding hydrogens is 310 g/mol. The van der Waals surface area contributed by atoms with E-state index in [4.69, 9.17) is 10.5 Å². The zero-order valence-corrected chi connectivity index (χ0v) is 13.1. The van der Waals surface area contributed by atoms with Gasteiger partial charge in [0.2, 0.25) is 0 Å². The fourth-order valence-corrected chi connectivity index (χ4v) is 2.24. The van der Waals surface area contributed by atoms with Gasteiger partial charge in [0.1, 0.15) is 16.5 Å². The highest BCUT2D eigenvalue weighted by Crippen LogP contribution is 2.09. The van der Waals surface area contributed by atoms with Crippen molar-refractivity contribution in [2.75, 3.05) is 13.2 Å². The molecule has 0 aliphatic heterocycles. The zero-order valence-electron chi connectivity index (χ0n) is 11.5. The number of nitrogens with two attached hydrogens (primary N) is 1. The highest BCUT2D eigenvalue weighted by molar-refractivity contribution is 7.09. The maximum atomic E-state index is 11.8. The van der Waals surface area contributed by atoms with Crippen molar-refractivity contribution < 1.29 is 9.53 Å². The van der Waals surface area contributed by atoms with Crippen LogP contribution in [0.15, 0.2) is 35.7 Å². The molecule has 0 aliphatic rings. The van der Waals surface area contributed by atoms with Gasteiger partial charge in [0.15, 0.2) is 0 Å². The number of halogens is 1. The maximum Gasteiger partial charge on any atom is 0.270 e. The lowest BCUT2D eigenvalue weighted by atomic mass is 10.3. The van der Waals surface area contributed by atoms with Crippen LogP contribution >= 0.6 is 23.7 Å². The van der Waals surface area contributed by atoms with Crippen LogP contribution in [-0.2, 0) is 6.54 Å². The number of hydrogen-bond donors (Lipinski definition) is 2. The van der Waals surface area contributed by atoms with Crippen molar-refractivity contribution >= 4 is 29.7 Å². The molecule has 21 heavy (non-hydrogen) atoms. The van der Waals surface area contributed by atoms with Gasteiger partial charge in [-0.15, -0.1) is 23.7 Å². The molecule has 0 saturated carbocycles. The van der Waals surface area contributed by atoms with Gasteiger partial charge in [-0.25, -0.2) is 4.98 Å². The normalized spacial score (nSPS) is 9.76. The second-order valence-electron chi connectivity index (χ2n) is 4.10. The van der Waals surface area contributed by atoms with Crippen LogP contribution < -0.4 is 15.8 Å². The number of rotatable bonds is 7. The van der Waals surface area contributed by atoms with Crippen LogP contribution in [-0.4, -0.2) is 24.0 Å². The SMILES string of the molecule is Cl.NCc1nc(C(=O)NCCCOc2ccccc2)cs1. The lowest BCUT2D eigenvalue weighted by molar-refractivity contribution is 0.0947. The number of benzene rings is 1. The molecule has 1 aromatic carbocycles. The van der Waals surface area contributed by atoms with Crippen molar-refractivity contribution in [1.82, 2.24) is 10.3 Å². The Balaban J connectivity index is 0.00000220. The number of nitrogens with zero attached hydrogens (tertiary/aromatic N) is 1. The first-order chi connectivity index (χ1) is 9.79. The van der Waals surface area contributed by atoms with E-state index in [1.54, 1.807) is 5.38 Å². The first-order valence-corrected chi connectivity index (χ1v) is 7.28. The van der Waals surface area contributed by atoms with Crippen LogP contribution in [0.25, 0.3) is 0 Å². The number of nitrogens with one attached hydrogen (secondary N) is 1. The minimum Gasteiger partial charge on any atom is -0.494 e. The van der Waals surface area contributed by atoms with Gasteiger partial charge in [0.25, 0.3) is 5.91 Å². The van der Waals surface area contributed by atoms with E-state index in [0.717, 1.165) is 17.2 Å². The smallest absolute Gasteiger partial charge is 0.270 e. The number of carbonyl (C=O) groups is 1. The van der Waals surface area contributed by atoms with Crippen molar-refractivity contribution in [2.45, 2.75) is 13.0 Å². The van der Waals surface area contributed by atoms with Crippen LogP contribution in [0.4, 0.5) is 0 Å². The van der Waals surface area contributed by atoms with Gasteiger partial charge < -0.3 is 15.8 Å². The predicted octanol–water partition coefficient (Wildman–Crippen LogP) is 2.22. The van der Waals surface area contributed by atoms with E-state index in [2.05, 4.69) is 10.3 Å². The van der Waals surface area contributed by atoms with Gasteiger partial charge in [-0.1, -0.05) is 18.2 Å². The maximum absolute atomic E-state index is 11.8. The largest absolute Gasteiger partial charge is 0.494 e. The molecule has 0 aliphatic carbocycles. The molecule has 114 valence electrons. The molecular formula is C14H18ClN3O2S. The molecule has 1 aromatic heterocycles. The van der Waals surface area contributed by atoms with E-state index in [9.17, 15) is 4.79 Å². The summed E-state index contributed by atoms with van der Waals surface area (Å²) < 4.78 is 5.53. The Morgan fingerprint density at radius 2 is 2.10 bits per heavy atom. The lowest BCUT2D eigenvalue weighted by Crippen LogP contribution is -2.25. The molecule has 2 rings (SSSR count). The van der Waals surface area contributed by atoms with Gasteiger partial charge in [-0.2, -0.15) is 0 Å². The molecule has 0 bridgehead atoms. The Morgan fingerprint density at radius 3 is 2.76 bits per heavy atom. The summed E-state index contributed by atoms with van der Waals surface area (Å²) in [5.41, 5.74) is 5.89. The summed E-state index contributed by atoms with van der Waals surface area (Å²) in [6, 6.07) is 9.60. The van der Waals surface area contributed by atoms with Crippen molar-refractivity contribution in [3.8, 4) is 5.75 Å². The average Bonchev–Trinajstić information content (AvgIpc) is 2.97. The Hall–Kier alpha value is -1.63. The lowest BCUT2D eigenvalue weighted by Gasteiger charge is -2.06. The first kappa shape index (κ1) is 17.4. The number of hydrogen-bond acceptors (Lipinski definition) is 5. The second kappa shape index (κ2) is 9.33. The summed E-state index contributed by atoms with van der Waals surface area (Å²) >= 11 is 1.40. The van der Waals surface area contributed by atoms with E-state index < -0.39 is 0 Å². The molecule has 1 heterocycles. The molecule has 0 spiro atoms. The molecule has 0 fully saturated rings. The van der Waals surface area contributed by atoms with Gasteiger partial charge in [0, 0.05) is 18.5 Å². The van der Waals surface area contributed by atoms with Crippen molar-refractivity contribution in [2.24, 2.45) is 5.73 Å². The Morgan fingerprint density at radius 1 is 1.33 bits per heavy atom. The Kier molecular flexibility index (Phi) is 7.74. The van der Waals surface area contributed by atoms with Crippen LogP contribution in [0, 0.1) is 0 Å². The number of para-hydroxylation sites is 1. The van der Waals surface area contributed by atoms with E-state index in [1.807, 2.05) is 30.3 Å². The molecule has 7 heteroatoms. The summed E-state index contributed by atoms with van der Waals surface area (Å²) in [6.45, 7) is 1.49. The third-order valence-electron chi connectivity index (χ3n) is 2.58. The van der Waals surface area contributed by atoms with Gasteiger partial charge in [-0.3, -0.25) is 4.79 Å². The van der Waals surface area contributed by atoms with Gasteiger partial charge in [-0.05, 0) is 18.6 Å². The number of thiazole rings is 1. The monoisotopic (exact) mass is 327 g/mol. The summed E-state index contributed by atoms with van der Waals surface area (Å²) in [7, 11) is 0. The standard InChI is InChI=1S/C14H17N3O2S.ClH/c15-9-13-17-12(10-20-13)14(18)16-7-4-8-19-11-5-2-1-3-6-11;/h1-3,5-6,10H,4,7-9,15H2,(H,16,18);1H. The molecule has 1 amide bonds. The molecule has 5 nitrogen and oxygen atoms in total. The van der Waals surface area contributed by atoms with Crippen LogP contribution in [0.5, 0.6) is 5.75 Å². The van der Waals surface area contributed by atoms with Crippen LogP contribution in [0.1, 0.15) is 21.9 Å². The van der Waals surface area contributed by atoms with E-state index in [1.165, 1.54) is 11.3 Å². The fraction of sp³-hybridized carbons (Fsp3) is 0.286. The summed E-state index contributed by atoms with van der Waals surface area (Å²) in [5, 5.41) is 5.29. The predicted molar refractivity (Wildman–Crippen MR) is 86.1 cm³/mol. The molecule has 0 saturated heterocycles. The Bertz CT molecular complexity index is 548. The molecule has 3 N–H and O–H groups in total. The molecule has 0 atom stereocenters. The summed E-state index contributed by atoms with van der Waals surface area (Å²) in [5.74, 6) is 0.673. The summed E-state index contributed by atoms with van der Waals surface area (Å²) in [6.07, 6.45) is 0.745. The van der Waals surface area contributed by atoms with E-state index >= 15 is 0 Å². The third-order valence-corrected chi connectivity index (χ3v) is 3.45. The highest BCUT2D eigenvalue weighted by Gasteiger charge is 2.09. The van der Waals surface area contributed by atoms with Crippen LogP contribution in [0.2, 0.25) is 0 Å².